The van der Waals surface area contributed by atoms with E-state index in [2.05, 4.69) is 0 Å². The minimum absolute atomic E-state index is 0.118. The molecule has 0 bridgehead atoms. The number of amides is 1. The van der Waals surface area contributed by atoms with Gasteiger partial charge in [-0.25, -0.2) is 0 Å². The van der Waals surface area contributed by atoms with Crippen molar-refractivity contribution >= 4 is 17.9 Å². The summed E-state index contributed by atoms with van der Waals surface area (Å²) in [6.07, 6.45) is 0.662. The fraction of sp³-hybridized carbons (Fsp3) is 0.333. The lowest BCUT2D eigenvalue weighted by atomic mass is 10.1. The van der Waals surface area contributed by atoms with Gasteiger partial charge in [0, 0.05) is 26.1 Å². The van der Waals surface area contributed by atoms with Gasteiger partial charge in [-0.05, 0) is 0 Å². The number of benzene rings is 1. The Morgan fingerprint density at radius 2 is 1.71 bits per heavy atom. The first-order chi connectivity index (χ1) is 8.04. The maximum absolute atomic E-state index is 11.3. The first-order valence-electron chi connectivity index (χ1n) is 5.00. The van der Waals surface area contributed by atoms with Crippen molar-refractivity contribution in [3.63, 3.8) is 0 Å². The van der Waals surface area contributed by atoms with Crippen LogP contribution in [0.4, 0.5) is 5.69 Å². The van der Waals surface area contributed by atoms with Gasteiger partial charge in [0.15, 0.2) is 6.29 Å². The molecule has 0 heterocycles. The second-order valence-electron chi connectivity index (χ2n) is 3.46. The van der Waals surface area contributed by atoms with E-state index in [1.165, 1.54) is 26.0 Å². The highest BCUT2D eigenvalue weighted by Gasteiger charge is 2.15. The molecule has 5 nitrogen and oxygen atoms in total. The SMILES string of the molecule is COc1cc(N(C)C(C)=O)cc(OC)c1C=O. The summed E-state index contributed by atoms with van der Waals surface area (Å²) >= 11 is 0. The molecule has 1 amide bonds. The molecule has 92 valence electrons. The Hall–Kier alpha value is -2.04. The van der Waals surface area contributed by atoms with E-state index in [4.69, 9.17) is 9.47 Å². The number of methoxy groups -OCH3 is 2. The molecular formula is C12H15NO4. The molecular weight excluding hydrogens is 222 g/mol. The Labute approximate surface area is 99.9 Å². The Morgan fingerprint density at radius 1 is 1.24 bits per heavy atom. The van der Waals surface area contributed by atoms with Crippen LogP contribution in [0.3, 0.4) is 0 Å². The number of hydrogen-bond donors (Lipinski definition) is 0. The Kier molecular flexibility index (Phi) is 4.09. The fourth-order valence-corrected chi connectivity index (χ4v) is 1.42. The van der Waals surface area contributed by atoms with E-state index in [1.807, 2.05) is 0 Å². The first-order valence-corrected chi connectivity index (χ1v) is 5.00. The van der Waals surface area contributed by atoms with Gasteiger partial charge >= 0.3 is 0 Å². The standard InChI is InChI=1S/C12H15NO4/c1-8(15)13(2)9-5-11(16-3)10(7-14)12(6-9)17-4/h5-7H,1-4H3. The van der Waals surface area contributed by atoms with E-state index >= 15 is 0 Å². The number of rotatable bonds is 4. The third-order valence-corrected chi connectivity index (χ3v) is 2.51. The summed E-state index contributed by atoms with van der Waals surface area (Å²) < 4.78 is 10.2. The van der Waals surface area contributed by atoms with E-state index in [0.717, 1.165) is 0 Å². The number of carbonyl (C=O) groups excluding carboxylic acids is 2. The zero-order valence-corrected chi connectivity index (χ0v) is 10.3. The van der Waals surface area contributed by atoms with Crippen LogP contribution in [-0.2, 0) is 4.79 Å². The van der Waals surface area contributed by atoms with Crippen molar-refractivity contribution in [1.82, 2.24) is 0 Å². The summed E-state index contributed by atoms with van der Waals surface area (Å²) in [7, 11) is 4.55. The average Bonchev–Trinajstić information content (AvgIpc) is 2.35. The van der Waals surface area contributed by atoms with Crippen LogP contribution in [0.1, 0.15) is 17.3 Å². The normalized spacial score (nSPS) is 9.65. The Balaban J connectivity index is 3.36. The number of ether oxygens (including phenoxy) is 2. The maximum Gasteiger partial charge on any atom is 0.223 e. The zero-order chi connectivity index (χ0) is 13.0. The molecule has 0 aliphatic heterocycles. The largest absolute Gasteiger partial charge is 0.496 e. The fourth-order valence-electron chi connectivity index (χ4n) is 1.42. The highest BCUT2D eigenvalue weighted by atomic mass is 16.5. The van der Waals surface area contributed by atoms with E-state index in [0.29, 0.717) is 29.0 Å². The third-order valence-electron chi connectivity index (χ3n) is 2.51. The molecule has 0 aliphatic rings. The molecule has 0 aliphatic carbocycles. The van der Waals surface area contributed by atoms with Crippen LogP contribution in [0, 0.1) is 0 Å². The van der Waals surface area contributed by atoms with Gasteiger partial charge in [-0.1, -0.05) is 0 Å². The number of nitrogens with zero attached hydrogens (tertiary/aromatic N) is 1. The number of hydrogen-bond acceptors (Lipinski definition) is 4. The van der Waals surface area contributed by atoms with E-state index in [9.17, 15) is 9.59 Å². The van der Waals surface area contributed by atoms with Gasteiger partial charge in [0.05, 0.1) is 25.5 Å². The Morgan fingerprint density at radius 3 is 2.00 bits per heavy atom. The van der Waals surface area contributed by atoms with Gasteiger partial charge < -0.3 is 14.4 Å². The molecule has 0 aromatic heterocycles. The van der Waals surface area contributed by atoms with Crippen molar-refractivity contribution in [2.24, 2.45) is 0 Å². The van der Waals surface area contributed by atoms with Crippen molar-refractivity contribution in [2.75, 3.05) is 26.2 Å². The van der Waals surface area contributed by atoms with Gasteiger partial charge in [0.2, 0.25) is 5.91 Å². The van der Waals surface area contributed by atoms with E-state index in [1.54, 1.807) is 19.2 Å². The molecule has 0 atom stereocenters. The van der Waals surface area contributed by atoms with Crippen LogP contribution < -0.4 is 14.4 Å². The van der Waals surface area contributed by atoms with Crippen molar-refractivity contribution in [2.45, 2.75) is 6.92 Å². The summed E-state index contributed by atoms with van der Waals surface area (Å²) in [5.41, 5.74) is 0.938. The molecule has 1 aromatic carbocycles. The molecule has 0 fully saturated rings. The Bertz CT molecular complexity index is 417. The predicted octanol–water partition coefficient (Wildman–Crippen LogP) is 1.50. The average molecular weight is 237 g/mol. The number of aldehydes is 1. The second kappa shape index (κ2) is 5.34. The third kappa shape index (κ3) is 2.55. The highest BCUT2D eigenvalue weighted by molar-refractivity contribution is 5.93. The molecule has 0 saturated carbocycles. The number of carbonyl (C=O) groups is 2. The van der Waals surface area contributed by atoms with Crippen LogP contribution >= 0.6 is 0 Å². The molecule has 0 unspecified atom stereocenters. The van der Waals surface area contributed by atoms with Crippen LogP contribution in [0.2, 0.25) is 0 Å². The lowest BCUT2D eigenvalue weighted by Gasteiger charge is -2.18. The summed E-state index contributed by atoms with van der Waals surface area (Å²) in [6, 6.07) is 3.24. The molecule has 5 heteroatoms. The van der Waals surface area contributed by atoms with Crippen molar-refractivity contribution in [3.05, 3.63) is 17.7 Å². The predicted molar refractivity (Wildman–Crippen MR) is 64.0 cm³/mol. The van der Waals surface area contributed by atoms with E-state index < -0.39 is 0 Å². The summed E-state index contributed by atoms with van der Waals surface area (Å²) in [5, 5.41) is 0. The monoisotopic (exact) mass is 237 g/mol. The first kappa shape index (κ1) is 13.0. The van der Waals surface area contributed by atoms with Crippen molar-refractivity contribution in [3.8, 4) is 11.5 Å². The van der Waals surface area contributed by atoms with Gasteiger partial charge in [-0.3, -0.25) is 9.59 Å². The molecule has 1 aromatic rings. The lowest BCUT2D eigenvalue weighted by molar-refractivity contribution is -0.116. The minimum atomic E-state index is -0.118. The number of anilines is 1. The van der Waals surface area contributed by atoms with E-state index in [-0.39, 0.29) is 5.91 Å². The van der Waals surface area contributed by atoms with Crippen molar-refractivity contribution < 1.29 is 19.1 Å². The smallest absolute Gasteiger partial charge is 0.223 e. The quantitative estimate of drug-likeness (QED) is 0.745. The lowest BCUT2D eigenvalue weighted by Crippen LogP contribution is -2.23. The zero-order valence-electron chi connectivity index (χ0n) is 10.3. The molecule has 0 spiro atoms. The van der Waals surface area contributed by atoms with Crippen LogP contribution in [0.5, 0.6) is 11.5 Å². The molecule has 0 saturated heterocycles. The molecule has 1 rings (SSSR count). The molecule has 0 N–H and O–H groups in total. The summed E-state index contributed by atoms with van der Waals surface area (Å²) in [5.74, 6) is 0.637. The van der Waals surface area contributed by atoms with Gasteiger partial charge in [0.25, 0.3) is 0 Å². The van der Waals surface area contributed by atoms with Crippen LogP contribution in [0.15, 0.2) is 12.1 Å². The van der Waals surface area contributed by atoms with Crippen molar-refractivity contribution in [1.29, 1.82) is 0 Å². The minimum Gasteiger partial charge on any atom is -0.496 e. The van der Waals surface area contributed by atoms with Gasteiger partial charge in [0.1, 0.15) is 11.5 Å². The van der Waals surface area contributed by atoms with Gasteiger partial charge in [-0.2, -0.15) is 0 Å². The highest BCUT2D eigenvalue weighted by Crippen LogP contribution is 2.32. The second-order valence-corrected chi connectivity index (χ2v) is 3.46. The maximum atomic E-state index is 11.3. The summed E-state index contributed by atoms with van der Waals surface area (Å²) in [6.45, 7) is 1.45. The van der Waals surface area contributed by atoms with Crippen LogP contribution in [-0.4, -0.2) is 33.5 Å². The van der Waals surface area contributed by atoms with Crippen LogP contribution in [0.25, 0.3) is 0 Å². The molecule has 0 radical (unpaired) electrons. The molecule has 17 heavy (non-hydrogen) atoms. The topological polar surface area (TPSA) is 55.8 Å². The van der Waals surface area contributed by atoms with Gasteiger partial charge in [-0.15, -0.1) is 0 Å². The summed E-state index contributed by atoms with van der Waals surface area (Å²) in [4.78, 5) is 23.7.